The predicted octanol–water partition coefficient (Wildman–Crippen LogP) is 16.8. The molecule has 0 aliphatic rings. The van der Waals surface area contributed by atoms with Crippen LogP contribution >= 0.6 is 0 Å². The smallest absolute Gasteiger partial charge is 0.143 e. The maximum atomic E-state index is 6.65. The van der Waals surface area contributed by atoms with E-state index in [1.54, 1.807) is 0 Å². The first-order valence-electron chi connectivity index (χ1n) is 21.5. The molecule has 0 fully saturated rings. The highest BCUT2D eigenvalue weighted by molar-refractivity contribution is 6.18. The number of fused-ring (bicyclic) bond motifs is 6. The number of benzene rings is 10. The average molecular weight is 805 g/mol. The Balaban J connectivity index is 1.15. The topological polar surface area (TPSA) is 21.3 Å². The molecular formula is C60H40N2O. The van der Waals surface area contributed by atoms with Gasteiger partial charge in [0.05, 0.1) is 33.8 Å². The summed E-state index contributed by atoms with van der Waals surface area (Å²) in [5, 5.41) is 4.57. The van der Waals surface area contributed by atoms with Gasteiger partial charge in [0, 0.05) is 43.8 Å². The summed E-state index contributed by atoms with van der Waals surface area (Å²) in [6, 6.07) is 87.1. The predicted molar refractivity (Wildman–Crippen MR) is 264 cm³/mol. The Morgan fingerprint density at radius 3 is 1.57 bits per heavy atom. The van der Waals surface area contributed by atoms with Crippen LogP contribution < -0.4 is 4.90 Å². The Labute approximate surface area is 366 Å². The molecule has 10 aromatic carbocycles. The Morgan fingerprint density at radius 1 is 0.302 bits per heavy atom. The maximum absolute atomic E-state index is 6.65. The van der Waals surface area contributed by atoms with Gasteiger partial charge in [0.25, 0.3) is 0 Å². The second-order valence-corrected chi connectivity index (χ2v) is 16.0. The average Bonchev–Trinajstić information content (AvgIpc) is 3.91. The highest BCUT2D eigenvalue weighted by Crippen LogP contribution is 2.50. The van der Waals surface area contributed by atoms with E-state index in [-0.39, 0.29) is 0 Å². The molecule has 2 aromatic heterocycles. The molecule has 0 saturated carbocycles. The minimum atomic E-state index is 0.890. The molecule has 0 unspecified atom stereocenters. The van der Waals surface area contributed by atoms with Crippen molar-refractivity contribution in [3.8, 4) is 50.2 Å². The fraction of sp³-hybridized carbons (Fsp3) is 0. The van der Waals surface area contributed by atoms with Crippen LogP contribution in [0, 0.1) is 0 Å². The van der Waals surface area contributed by atoms with E-state index in [1.807, 2.05) is 6.07 Å². The van der Waals surface area contributed by atoms with Crippen LogP contribution in [-0.2, 0) is 0 Å². The second kappa shape index (κ2) is 15.3. The number of hydrogen-bond acceptors (Lipinski definition) is 2. The van der Waals surface area contributed by atoms with Crippen LogP contribution in [0.5, 0.6) is 0 Å². The van der Waals surface area contributed by atoms with Gasteiger partial charge in [0.15, 0.2) is 0 Å². The van der Waals surface area contributed by atoms with Crippen molar-refractivity contribution in [2.45, 2.75) is 0 Å². The first-order valence-corrected chi connectivity index (χ1v) is 21.5. The van der Waals surface area contributed by atoms with Crippen LogP contribution in [0.1, 0.15) is 0 Å². The van der Waals surface area contributed by atoms with Crippen molar-refractivity contribution >= 4 is 60.8 Å². The molecule has 0 amide bonds. The van der Waals surface area contributed by atoms with Crippen LogP contribution in [-0.4, -0.2) is 4.57 Å². The molecule has 0 aliphatic carbocycles. The summed E-state index contributed by atoms with van der Waals surface area (Å²) >= 11 is 0. The molecule has 3 nitrogen and oxygen atoms in total. The summed E-state index contributed by atoms with van der Waals surface area (Å²) in [4.78, 5) is 2.50. The van der Waals surface area contributed by atoms with Crippen molar-refractivity contribution < 1.29 is 4.42 Å². The second-order valence-electron chi connectivity index (χ2n) is 16.0. The Morgan fingerprint density at radius 2 is 0.794 bits per heavy atom. The molecule has 296 valence electrons. The molecular weight excluding hydrogens is 765 g/mol. The van der Waals surface area contributed by atoms with Crippen LogP contribution in [0.25, 0.3) is 93.9 Å². The highest BCUT2D eigenvalue weighted by atomic mass is 16.3. The van der Waals surface area contributed by atoms with E-state index in [1.165, 1.54) is 27.5 Å². The molecule has 0 atom stereocenters. The Kier molecular flexibility index (Phi) is 8.83. The first-order chi connectivity index (χ1) is 31.3. The summed E-state index contributed by atoms with van der Waals surface area (Å²) < 4.78 is 9.10. The van der Waals surface area contributed by atoms with Crippen molar-refractivity contribution in [1.82, 2.24) is 4.57 Å². The van der Waals surface area contributed by atoms with Gasteiger partial charge in [0.2, 0.25) is 0 Å². The van der Waals surface area contributed by atoms with E-state index in [0.717, 1.165) is 83.5 Å². The van der Waals surface area contributed by atoms with E-state index in [0.29, 0.717) is 0 Å². The Hall–Kier alpha value is -8.40. The minimum Gasteiger partial charge on any atom is -0.455 e. The number of rotatable bonds is 8. The highest BCUT2D eigenvalue weighted by Gasteiger charge is 2.26. The number of hydrogen-bond donors (Lipinski definition) is 0. The quantitative estimate of drug-likeness (QED) is 0.153. The molecule has 0 N–H and O–H groups in total. The number of anilines is 3. The summed E-state index contributed by atoms with van der Waals surface area (Å²) in [6.45, 7) is 0. The Bertz CT molecular complexity index is 3640. The van der Waals surface area contributed by atoms with Crippen LogP contribution in [0.3, 0.4) is 0 Å². The zero-order chi connectivity index (χ0) is 41.7. The standard InChI is InChI=1S/C60H40N2O/c1-3-21-41(22-4-1)43-25-7-8-27-45(43)46-28-10-15-35-53(46)61(52-34-14-9-26-44(52)42-23-5-2-6-24-42)56-38-20-39-57-59(56)51-31-12-17-37-55(51)62(57)54-36-16-11-29-47(54)49-32-19-33-50-48-30-13-18-40-58(48)63-60(49)50/h1-40H. The number of furan rings is 1. The summed E-state index contributed by atoms with van der Waals surface area (Å²) in [5.41, 5.74) is 17.5. The van der Waals surface area contributed by atoms with Crippen molar-refractivity contribution in [2.24, 2.45) is 0 Å². The van der Waals surface area contributed by atoms with Gasteiger partial charge in [-0.05, 0) is 64.7 Å². The summed E-state index contributed by atoms with van der Waals surface area (Å²) in [5.74, 6) is 0. The van der Waals surface area contributed by atoms with E-state index >= 15 is 0 Å². The maximum Gasteiger partial charge on any atom is 0.143 e. The molecule has 12 rings (SSSR count). The molecule has 3 heteroatoms. The lowest BCUT2D eigenvalue weighted by atomic mass is 9.92. The zero-order valence-electron chi connectivity index (χ0n) is 34.4. The third kappa shape index (κ3) is 6.05. The third-order valence-corrected chi connectivity index (χ3v) is 12.4. The van der Waals surface area contributed by atoms with Crippen LogP contribution in [0.4, 0.5) is 17.1 Å². The zero-order valence-corrected chi connectivity index (χ0v) is 34.4. The fourth-order valence-corrected chi connectivity index (χ4v) is 9.71. The van der Waals surface area contributed by atoms with Gasteiger partial charge in [-0.25, -0.2) is 0 Å². The molecule has 0 saturated heterocycles. The monoisotopic (exact) mass is 804 g/mol. The van der Waals surface area contributed by atoms with E-state index in [4.69, 9.17) is 4.42 Å². The molecule has 2 heterocycles. The molecule has 0 bridgehead atoms. The largest absolute Gasteiger partial charge is 0.455 e. The SMILES string of the molecule is c1ccc(-c2ccccc2-c2ccccc2N(c2ccccc2-c2ccccc2)c2cccc3c2c2ccccc2n3-c2ccccc2-c2cccc3c2oc2ccccc23)cc1. The molecule has 63 heavy (non-hydrogen) atoms. The number of nitrogens with zero attached hydrogens (tertiary/aromatic N) is 2. The van der Waals surface area contributed by atoms with Crippen molar-refractivity contribution in [3.05, 3.63) is 243 Å². The van der Waals surface area contributed by atoms with Crippen molar-refractivity contribution in [1.29, 1.82) is 0 Å². The van der Waals surface area contributed by atoms with Gasteiger partial charge in [-0.3, -0.25) is 0 Å². The molecule has 0 spiro atoms. The summed E-state index contributed by atoms with van der Waals surface area (Å²) in [7, 11) is 0. The third-order valence-electron chi connectivity index (χ3n) is 12.4. The molecule has 0 radical (unpaired) electrons. The lowest BCUT2D eigenvalue weighted by Crippen LogP contribution is -2.13. The fourth-order valence-electron chi connectivity index (χ4n) is 9.71. The molecule has 0 aliphatic heterocycles. The van der Waals surface area contributed by atoms with Crippen molar-refractivity contribution in [3.63, 3.8) is 0 Å². The lowest BCUT2D eigenvalue weighted by Gasteiger charge is -2.31. The molecule has 12 aromatic rings. The van der Waals surface area contributed by atoms with Gasteiger partial charge < -0.3 is 13.9 Å². The first kappa shape index (κ1) is 36.5. The van der Waals surface area contributed by atoms with Gasteiger partial charge >= 0.3 is 0 Å². The van der Waals surface area contributed by atoms with Crippen LogP contribution in [0.2, 0.25) is 0 Å². The van der Waals surface area contributed by atoms with Gasteiger partial charge in [-0.1, -0.05) is 200 Å². The minimum absolute atomic E-state index is 0.890. The lowest BCUT2D eigenvalue weighted by molar-refractivity contribution is 0.670. The van der Waals surface area contributed by atoms with E-state index in [2.05, 4.69) is 246 Å². The normalized spacial score (nSPS) is 11.5. The van der Waals surface area contributed by atoms with E-state index < -0.39 is 0 Å². The van der Waals surface area contributed by atoms with Gasteiger partial charge in [-0.15, -0.1) is 0 Å². The van der Waals surface area contributed by atoms with Gasteiger partial charge in [0.1, 0.15) is 11.2 Å². The van der Waals surface area contributed by atoms with E-state index in [9.17, 15) is 0 Å². The van der Waals surface area contributed by atoms with Crippen molar-refractivity contribution in [2.75, 3.05) is 4.90 Å². The van der Waals surface area contributed by atoms with Gasteiger partial charge in [-0.2, -0.15) is 0 Å². The summed E-state index contributed by atoms with van der Waals surface area (Å²) in [6.07, 6.45) is 0. The number of aromatic nitrogens is 1. The number of para-hydroxylation sites is 6. The van der Waals surface area contributed by atoms with Crippen LogP contribution in [0.15, 0.2) is 247 Å².